The molecule has 3 fully saturated rings. The van der Waals surface area contributed by atoms with E-state index in [9.17, 15) is 0 Å². The van der Waals surface area contributed by atoms with Gasteiger partial charge < -0.3 is 0 Å². The molecule has 0 aromatic heterocycles. The van der Waals surface area contributed by atoms with Crippen LogP contribution >= 0.6 is 0 Å². The van der Waals surface area contributed by atoms with Gasteiger partial charge in [0.1, 0.15) is 0 Å². The van der Waals surface area contributed by atoms with Crippen molar-refractivity contribution in [3.05, 3.63) is 0 Å². The highest BCUT2D eigenvalue weighted by atomic mass is 28.2. The van der Waals surface area contributed by atoms with Gasteiger partial charge in [-0.3, -0.25) is 0 Å². The minimum atomic E-state index is 0.368. The van der Waals surface area contributed by atoms with Crippen LogP contribution in [-0.4, -0.2) is 9.52 Å². The Balaban J connectivity index is 1.76. The third-order valence-corrected chi connectivity index (χ3v) is 6.30. The zero-order valence-corrected chi connectivity index (χ0v) is 8.18. The molecule has 0 radical (unpaired) electrons. The van der Waals surface area contributed by atoms with Crippen molar-refractivity contribution in [2.45, 2.75) is 37.8 Å². The Kier molecular flexibility index (Phi) is 0.885. The summed E-state index contributed by atoms with van der Waals surface area (Å²) in [7, 11) is 0.368. The van der Waals surface area contributed by atoms with E-state index in [2.05, 4.69) is 6.55 Å². The van der Waals surface area contributed by atoms with Crippen LogP contribution in [0.4, 0.5) is 0 Å². The van der Waals surface area contributed by atoms with E-state index < -0.39 is 0 Å². The highest BCUT2D eigenvalue weighted by Gasteiger charge is 2.67. The SMILES string of the molecule is C[SiH2]C1CC2CC3(CC3)C21. The first-order valence-electron chi connectivity index (χ1n) is 4.86. The molecule has 0 nitrogen and oxygen atoms in total. The van der Waals surface area contributed by atoms with Crippen LogP contribution in [0.1, 0.15) is 25.7 Å². The van der Waals surface area contributed by atoms with Gasteiger partial charge in [0.2, 0.25) is 0 Å². The van der Waals surface area contributed by atoms with Gasteiger partial charge >= 0.3 is 0 Å². The highest BCUT2D eigenvalue weighted by molar-refractivity contribution is 6.36. The van der Waals surface area contributed by atoms with E-state index in [1.54, 1.807) is 25.7 Å². The van der Waals surface area contributed by atoms with Crippen molar-refractivity contribution in [3.8, 4) is 0 Å². The summed E-state index contributed by atoms with van der Waals surface area (Å²) in [6.07, 6.45) is 6.51. The van der Waals surface area contributed by atoms with Crippen molar-refractivity contribution in [2.24, 2.45) is 17.3 Å². The quantitative estimate of drug-likeness (QED) is 0.503. The Labute approximate surface area is 65.2 Å². The van der Waals surface area contributed by atoms with Crippen LogP contribution in [0.2, 0.25) is 12.1 Å². The van der Waals surface area contributed by atoms with Crippen molar-refractivity contribution in [3.63, 3.8) is 0 Å². The van der Waals surface area contributed by atoms with E-state index in [4.69, 9.17) is 0 Å². The Morgan fingerprint density at radius 3 is 2.70 bits per heavy atom. The van der Waals surface area contributed by atoms with Crippen molar-refractivity contribution in [1.82, 2.24) is 0 Å². The molecule has 0 N–H and O–H groups in total. The lowest BCUT2D eigenvalue weighted by Gasteiger charge is -2.60. The van der Waals surface area contributed by atoms with E-state index in [0.717, 1.165) is 5.41 Å². The average molecular weight is 152 g/mol. The molecule has 0 bridgehead atoms. The van der Waals surface area contributed by atoms with Crippen LogP contribution in [0, 0.1) is 17.3 Å². The second-order valence-corrected chi connectivity index (χ2v) is 6.62. The first kappa shape index (κ1) is 5.82. The summed E-state index contributed by atoms with van der Waals surface area (Å²) >= 11 is 0. The molecule has 3 atom stereocenters. The molecule has 0 amide bonds. The van der Waals surface area contributed by atoms with Crippen molar-refractivity contribution in [2.75, 3.05) is 0 Å². The number of fused-ring (bicyclic) bond motifs is 2. The Morgan fingerprint density at radius 1 is 1.40 bits per heavy atom. The smallest absolute Gasteiger partial charge is 0.0205 e. The van der Waals surface area contributed by atoms with Gasteiger partial charge in [0, 0.05) is 9.52 Å². The summed E-state index contributed by atoms with van der Waals surface area (Å²) in [6, 6.07) is 0. The molecular formula is C9H16Si. The fraction of sp³-hybridized carbons (Fsp3) is 1.00. The van der Waals surface area contributed by atoms with Gasteiger partial charge in [-0.25, -0.2) is 0 Å². The Hall–Kier alpha value is 0.217. The monoisotopic (exact) mass is 152 g/mol. The van der Waals surface area contributed by atoms with Gasteiger partial charge in [-0.1, -0.05) is 6.55 Å². The number of hydrogen-bond donors (Lipinski definition) is 0. The molecule has 3 saturated carbocycles. The third kappa shape index (κ3) is 0.469. The zero-order chi connectivity index (χ0) is 6.77. The highest BCUT2D eigenvalue weighted by Crippen LogP contribution is 2.77. The molecule has 3 aliphatic rings. The number of hydrogen-bond acceptors (Lipinski definition) is 0. The minimum absolute atomic E-state index is 0.368. The van der Waals surface area contributed by atoms with Gasteiger partial charge in [0.15, 0.2) is 0 Å². The summed E-state index contributed by atoms with van der Waals surface area (Å²) in [4.78, 5) is 0. The van der Waals surface area contributed by atoms with E-state index in [1.807, 2.05) is 0 Å². The fourth-order valence-corrected chi connectivity index (χ4v) is 5.85. The molecule has 10 heavy (non-hydrogen) atoms. The lowest BCUT2D eigenvalue weighted by molar-refractivity contribution is -0.0445. The second kappa shape index (κ2) is 1.52. The van der Waals surface area contributed by atoms with E-state index in [1.165, 1.54) is 17.4 Å². The predicted molar refractivity (Wildman–Crippen MR) is 46.0 cm³/mol. The maximum Gasteiger partial charge on any atom is 0.0205 e. The fourth-order valence-electron chi connectivity index (χ4n) is 3.70. The van der Waals surface area contributed by atoms with Crippen LogP contribution in [0.15, 0.2) is 0 Å². The first-order valence-corrected chi connectivity index (χ1v) is 7.09. The average Bonchev–Trinajstić information content (AvgIpc) is 2.62. The van der Waals surface area contributed by atoms with Crippen LogP contribution in [0.25, 0.3) is 0 Å². The van der Waals surface area contributed by atoms with Gasteiger partial charge in [-0.05, 0) is 48.5 Å². The lowest BCUT2D eigenvalue weighted by Crippen LogP contribution is -2.51. The lowest BCUT2D eigenvalue weighted by atomic mass is 9.50. The first-order chi connectivity index (χ1) is 4.86. The van der Waals surface area contributed by atoms with Gasteiger partial charge in [-0.15, -0.1) is 0 Å². The van der Waals surface area contributed by atoms with Gasteiger partial charge in [-0.2, -0.15) is 0 Å². The summed E-state index contributed by atoms with van der Waals surface area (Å²) < 4.78 is 0. The van der Waals surface area contributed by atoms with E-state index >= 15 is 0 Å². The van der Waals surface area contributed by atoms with E-state index in [-0.39, 0.29) is 0 Å². The zero-order valence-electron chi connectivity index (χ0n) is 6.77. The minimum Gasteiger partial charge on any atom is -0.0746 e. The normalized spacial score (nSPS) is 54.3. The molecule has 1 heteroatoms. The summed E-state index contributed by atoms with van der Waals surface area (Å²) in [5, 5.41) is 0. The topological polar surface area (TPSA) is 0 Å². The molecule has 3 aliphatic carbocycles. The van der Waals surface area contributed by atoms with Crippen LogP contribution in [0.5, 0.6) is 0 Å². The largest absolute Gasteiger partial charge is 0.0746 e. The molecule has 56 valence electrons. The summed E-state index contributed by atoms with van der Waals surface area (Å²) in [5.41, 5.74) is 2.29. The third-order valence-electron chi connectivity index (χ3n) is 4.41. The Bertz CT molecular complexity index is 172. The van der Waals surface area contributed by atoms with Crippen LogP contribution in [-0.2, 0) is 0 Å². The summed E-state index contributed by atoms with van der Waals surface area (Å²) in [6.45, 7) is 2.51. The molecule has 1 spiro atoms. The second-order valence-electron chi connectivity index (χ2n) is 4.76. The summed E-state index contributed by atoms with van der Waals surface area (Å²) in [5.74, 6) is 2.52. The van der Waals surface area contributed by atoms with Crippen molar-refractivity contribution in [1.29, 1.82) is 0 Å². The predicted octanol–water partition coefficient (Wildman–Crippen LogP) is 1.81. The maximum atomic E-state index is 2.51. The molecule has 0 aliphatic heterocycles. The van der Waals surface area contributed by atoms with Crippen LogP contribution < -0.4 is 0 Å². The maximum absolute atomic E-state index is 2.51. The van der Waals surface area contributed by atoms with E-state index in [0.29, 0.717) is 9.52 Å². The van der Waals surface area contributed by atoms with Gasteiger partial charge in [0.05, 0.1) is 0 Å². The molecule has 0 heterocycles. The molecular weight excluding hydrogens is 136 g/mol. The molecule has 0 aromatic rings. The molecule has 0 aromatic carbocycles. The van der Waals surface area contributed by atoms with Crippen LogP contribution in [0.3, 0.4) is 0 Å². The number of rotatable bonds is 1. The molecule has 3 unspecified atom stereocenters. The Morgan fingerprint density at radius 2 is 2.20 bits per heavy atom. The molecule has 0 saturated heterocycles. The molecule has 3 rings (SSSR count). The van der Waals surface area contributed by atoms with Crippen molar-refractivity contribution < 1.29 is 0 Å². The van der Waals surface area contributed by atoms with Crippen molar-refractivity contribution >= 4 is 9.52 Å². The standard InChI is InChI=1S/C9H16Si/c1-10-7-4-6-5-9(2-3-9)8(6)7/h6-8H,2-5,10H2,1H3. The van der Waals surface area contributed by atoms with Gasteiger partial charge in [0.25, 0.3) is 0 Å².